The average molecular weight is 245 g/mol. The van der Waals surface area contributed by atoms with Crippen LogP contribution in [0, 0.1) is 3.70 Å². The van der Waals surface area contributed by atoms with Gasteiger partial charge in [0.05, 0.1) is 0 Å². The van der Waals surface area contributed by atoms with Gasteiger partial charge in [0.2, 0.25) is 0 Å². The van der Waals surface area contributed by atoms with E-state index in [1.807, 2.05) is 16.8 Å². The van der Waals surface area contributed by atoms with Gasteiger partial charge in [0.15, 0.2) is 5.65 Å². The van der Waals surface area contributed by atoms with E-state index in [2.05, 4.69) is 32.6 Å². The molecule has 0 aromatic carbocycles. The number of halogens is 1. The Kier molecular flexibility index (Phi) is 1.33. The molecule has 0 radical (unpaired) electrons. The number of rotatable bonds is 0. The van der Waals surface area contributed by atoms with Crippen LogP contribution in [0.25, 0.3) is 5.65 Å². The third-order valence-electron chi connectivity index (χ3n) is 1.27. The van der Waals surface area contributed by atoms with Gasteiger partial charge in [-0.3, -0.25) is 0 Å². The predicted octanol–water partition coefficient (Wildman–Crippen LogP) is 1.33. The minimum absolute atomic E-state index is 0.920. The van der Waals surface area contributed by atoms with Gasteiger partial charge in [-0.15, -0.1) is 0 Å². The SMILES string of the molecule is Ic1nccn2ccnc12. The van der Waals surface area contributed by atoms with Gasteiger partial charge in [0.1, 0.15) is 3.70 Å². The zero-order valence-corrected chi connectivity index (χ0v) is 7.19. The number of fused-ring (bicyclic) bond motifs is 1. The summed E-state index contributed by atoms with van der Waals surface area (Å²) in [6, 6.07) is 0. The third-order valence-corrected chi connectivity index (χ3v) is 2.03. The molecule has 2 aromatic rings. The molecule has 0 aliphatic rings. The zero-order valence-electron chi connectivity index (χ0n) is 5.03. The van der Waals surface area contributed by atoms with Crippen molar-refractivity contribution < 1.29 is 0 Å². The molecule has 2 aromatic heterocycles. The monoisotopic (exact) mass is 245 g/mol. The summed E-state index contributed by atoms with van der Waals surface area (Å²) < 4.78 is 2.87. The lowest BCUT2D eigenvalue weighted by Crippen LogP contribution is -1.88. The zero-order chi connectivity index (χ0) is 6.97. The first-order chi connectivity index (χ1) is 4.88. The number of hydrogen-bond acceptors (Lipinski definition) is 2. The molecule has 0 aliphatic carbocycles. The molecule has 0 fully saturated rings. The first kappa shape index (κ1) is 6.09. The first-order valence-electron chi connectivity index (χ1n) is 2.81. The summed E-state index contributed by atoms with van der Waals surface area (Å²) in [7, 11) is 0. The van der Waals surface area contributed by atoms with Crippen molar-refractivity contribution in [3.63, 3.8) is 0 Å². The summed E-state index contributed by atoms with van der Waals surface area (Å²) in [5.41, 5.74) is 0.920. The smallest absolute Gasteiger partial charge is 0.169 e. The Hall–Kier alpha value is -0.650. The van der Waals surface area contributed by atoms with Crippen molar-refractivity contribution in [1.82, 2.24) is 14.4 Å². The Bertz CT molecular complexity index is 355. The molecule has 2 rings (SSSR count). The average Bonchev–Trinajstić information content (AvgIpc) is 2.36. The Morgan fingerprint density at radius 3 is 2.60 bits per heavy atom. The molecular weight excluding hydrogens is 241 g/mol. The summed E-state index contributed by atoms with van der Waals surface area (Å²) in [4.78, 5) is 8.19. The van der Waals surface area contributed by atoms with Gasteiger partial charge in [0, 0.05) is 24.8 Å². The number of aromatic nitrogens is 3. The molecule has 0 spiro atoms. The fourth-order valence-corrected chi connectivity index (χ4v) is 1.40. The van der Waals surface area contributed by atoms with Crippen molar-refractivity contribution in [2.75, 3.05) is 0 Å². The second-order valence-corrected chi connectivity index (χ2v) is 2.90. The summed E-state index contributed by atoms with van der Waals surface area (Å²) >= 11 is 2.16. The normalized spacial score (nSPS) is 10.5. The van der Waals surface area contributed by atoms with Crippen LogP contribution in [0.1, 0.15) is 0 Å². The summed E-state index contributed by atoms with van der Waals surface area (Å²) in [6.45, 7) is 0. The van der Waals surface area contributed by atoms with E-state index >= 15 is 0 Å². The minimum Gasteiger partial charge on any atom is -0.303 e. The third kappa shape index (κ3) is 0.792. The largest absolute Gasteiger partial charge is 0.303 e. The second kappa shape index (κ2) is 2.19. The maximum atomic E-state index is 4.11. The Labute approximate surface area is 71.3 Å². The predicted molar refractivity (Wildman–Crippen MR) is 45.7 cm³/mol. The molecule has 4 heteroatoms. The number of hydrogen-bond donors (Lipinski definition) is 0. The van der Waals surface area contributed by atoms with Crippen LogP contribution in [-0.4, -0.2) is 14.4 Å². The van der Waals surface area contributed by atoms with Crippen LogP contribution in [0.2, 0.25) is 0 Å². The summed E-state index contributed by atoms with van der Waals surface area (Å²) in [5.74, 6) is 0. The maximum Gasteiger partial charge on any atom is 0.169 e. The molecule has 3 nitrogen and oxygen atoms in total. The highest BCUT2D eigenvalue weighted by Gasteiger charge is 1.96. The summed E-state index contributed by atoms with van der Waals surface area (Å²) in [5, 5.41) is 0. The molecule has 0 saturated heterocycles. The second-order valence-electron chi connectivity index (χ2n) is 1.88. The number of imidazole rings is 1. The topological polar surface area (TPSA) is 30.2 Å². The molecular formula is C6H4IN3. The quantitative estimate of drug-likeness (QED) is 0.655. The van der Waals surface area contributed by atoms with Crippen molar-refractivity contribution in [2.45, 2.75) is 0 Å². The summed E-state index contributed by atoms with van der Waals surface area (Å²) in [6.07, 6.45) is 7.30. The molecule has 2 heterocycles. The Morgan fingerprint density at radius 2 is 1.90 bits per heavy atom. The molecule has 0 N–H and O–H groups in total. The van der Waals surface area contributed by atoms with Crippen LogP contribution in [0.4, 0.5) is 0 Å². The molecule has 0 bridgehead atoms. The van der Waals surface area contributed by atoms with Gasteiger partial charge in [-0.25, -0.2) is 9.97 Å². The van der Waals surface area contributed by atoms with Crippen molar-refractivity contribution in [3.05, 3.63) is 28.5 Å². The number of nitrogens with zero attached hydrogens (tertiary/aromatic N) is 3. The highest BCUT2D eigenvalue weighted by Crippen LogP contribution is 2.06. The van der Waals surface area contributed by atoms with E-state index in [1.165, 1.54) is 0 Å². The van der Waals surface area contributed by atoms with Crippen LogP contribution >= 0.6 is 22.6 Å². The van der Waals surface area contributed by atoms with Crippen molar-refractivity contribution in [3.8, 4) is 0 Å². The molecule has 50 valence electrons. The van der Waals surface area contributed by atoms with E-state index in [-0.39, 0.29) is 0 Å². The van der Waals surface area contributed by atoms with Crippen LogP contribution < -0.4 is 0 Å². The Balaban J connectivity index is 2.95. The van der Waals surface area contributed by atoms with Gasteiger partial charge < -0.3 is 4.40 Å². The lowest BCUT2D eigenvalue weighted by Gasteiger charge is -1.91. The molecule has 0 amide bonds. The molecule has 0 unspecified atom stereocenters. The fourth-order valence-electron chi connectivity index (χ4n) is 0.821. The van der Waals surface area contributed by atoms with E-state index in [0.29, 0.717) is 0 Å². The van der Waals surface area contributed by atoms with Gasteiger partial charge in [-0.2, -0.15) is 0 Å². The maximum absolute atomic E-state index is 4.11. The van der Waals surface area contributed by atoms with Crippen molar-refractivity contribution in [1.29, 1.82) is 0 Å². The van der Waals surface area contributed by atoms with Crippen molar-refractivity contribution >= 4 is 28.2 Å². The highest BCUT2D eigenvalue weighted by molar-refractivity contribution is 14.1. The van der Waals surface area contributed by atoms with Crippen molar-refractivity contribution in [2.24, 2.45) is 0 Å². The lowest BCUT2D eigenvalue weighted by molar-refractivity contribution is 1.10. The van der Waals surface area contributed by atoms with E-state index in [9.17, 15) is 0 Å². The molecule has 0 saturated carbocycles. The molecule has 10 heavy (non-hydrogen) atoms. The lowest BCUT2D eigenvalue weighted by atomic mass is 10.7. The van der Waals surface area contributed by atoms with Crippen LogP contribution in [-0.2, 0) is 0 Å². The molecule has 0 aliphatic heterocycles. The Morgan fingerprint density at radius 1 is 1.20 bits per heavy atom. The van der Waals surface area contributed by atoms with Crippen LogP contribution in [0.5, 0.6) is 0 Å². The first-order valence-corrected chi connectivity index (χ1v) is 3.89. The standard InChI is InChI=1S/C6H4IN3/c7-5-6-9-2-4-10(6)3-1-8-5/h1-4H. The van der Waals surface area contributed by atoms with Gasteiger partial charge >= 0.3 is 0 Å². The van der Waals surface area contributed by atoms with E-state index in [0.717, 1.165) is 9.35 Å². The van der Waals surface area contributed by atoms with E-state index in [1.54, 1.807) is 12.4 Å². The van der Waals surface area contributed by atoms with Gasteiger partial charge in [-0.1, -0.05) is 0 Å². The van der Waals surface area contributed by atoms with E-state index < -0.39 is 0 Å². The highest BCUT2D eigenvalue weighted by atomic mass is 127. The fraction of sp³-hybridized carbons (Fsp3) is 0. The van der Waals surface area contributed by atoms with Crippen LogP contribution in [0.3, 0.4) is 0 Å². The van der Waals surface area contributed by atoms with E-state index in [4.69, 9.17) is 0 Å². The minimum atomic E-state index is 0.920. The molecule has 0 atom stereocenters. The van der Waals surface area contributed by atoms with Gasteiger partial charge in [0.25, 0.3) is 0 Å². The van der Waals surface area contributed by atoms with Crippen LogP contribution in [0.15, 0.2) is 24.8 Å². The van der Waals surface area contributed by atoms with Gasteiger partial charge in [-0.05, 0) is 22.6 Å².